The van der Waals surface area contributed by atoms with E-state index in [1.807, 2.05) is 0 Å². The fourth-order valence-corrected chi connectivity index (χ4v) is 1.89. The monoisotopic (exact) mass is 239 g/mol. The first-order valence-corrected chi connectivity index (χ1v) is 5.81. The summed E-state index contributed by atoms with van der Waals surface area (Å²) in [6, 6.07) is 4.47. The second kappa shape index (κ2) is 4.74. The van der Waals surface area contributed by atoms with Crippen LogP contribution in [0.2, 0.25) is 5.02 Å². The molecule has 1 aromatic rings. The van der Waals surface area contributed by atoms with Crippen molar-refractivity contribution in [1.82, 2.24) is 5.32 Å². The van der Waals surface area contributed by atoms with E-state index < -0.39 is 0 Å². The van der Waals surface area contributed by atoms with Gasteiger partial charge in [-0.1, -0.05) is 18.0 Å². The van der Waals surface area contributed by atoms with E-state index in [0.29, 0.717) is 17.5 Å². The van der Waals surface area contributed by atoms with Gasteiger partial charge < -0.3 is 10.4 Å². The van der Waals surface area contributed by atoms with Gasteiger partial charge >= 0.3 is 0 Å². The van der Waals surface area contributed by atoms with Crippen molar-refractivity contribution in [3.8, 4) is 5.75 Å². The average Bonchev–Trinajstić information content (AvgIpc) is 2.19. The molecule has 4 heteroatoms. The molecule has 0 saturated heterocycles. The largest absolute Gasteiger partial charge is 0.507 e. The van der Waals surface area contributed by atoms with Gasteiger partial charge in [0.25, 0.3) is 5.91 Å². The quantitative estimate of drug-likeness (QED) is 0.852. The summed E-state index contributed by atoms with van der Waals surface area (Å²) in [7, 11) is 0. The highest BCUT2D eigenvalue weighted by Gasteiger charge is 2.19. The Morgan fingerprint density at radius 3 is 2.88 bits per heavy atom. The molecular weight excluding hydrogens is 226 g/mol. The summed E-state index contributed by atoms with van der Waals surface area (Å²) >= 11 is 5.77. The molecule has 1 amide bonds. The minimum absolute atomic E-state index is 0.0319. The Kier molecular flexibility index (Phi) is 3.34. The van der Waals surface area contributed by atoms with Crippen LogP contribution in [0.3, 0.4) is 0 Å². The van der Waals surface area contributed by atoms with Crippen molar-refractivity contribution in [3.63, 3.8) is 0 Å². The van der Waals surface area contributed by atoms with E-state index in [0.717, 1.165) is 0 Å². The highest BCUT2D eigenvalue weighted by molar-refractivity contribution is 6.31. The fraction of sp³-hybridized carbons (Fsp3) is 0.417. The van der Waals surface area contributed by atoms with Crippen LogP contribution in [0.1, 0.15) is 29.6 Å². The number of phenolic OH excluding ortho intramolecular Hbond substituents is 1. The van der Waals surface area contributed by atoms with Gasteiger partial charge in [-0.15, -0.1) is 0 Å². The summed E-state index contributed by atoms with van der Waals surface area (Å²) in [6.45, 7) is 0.685. The van der Waals surface area contributed by atoms with Gasteiger partial charge in [-0.2, -0.15) is 0 Å². The predicted octanol–water partition coefficient (Wildman–Crippen LogP) is 2.58. The predicted molar refractivity (Wildman–Crippen MR) is 62.8 cm³/mol. The first-order chi connectivity index (χ1) is 7.66. The third kappa shape index (κ3) is 2.47. The topological polar surface area (TPSA) is 49.3 Å². The lowest BCUT2D eigenvalue weighted by Gasteiger charge is -2.25. The minimum atomic E-state index is -0.257. The molecule has 1 aliphatic rings. The van der Waals surface area contributed by atoms with Crippen molar-refractivity contribution in [1.29, 1.82) is 0 Å². The van der Waals surface area contributed by atoms with Gasteiger partial charge in [0.15, 0.2) is 0 Å². The maximum absolute atomic E-state index is 11.7. The van der Waals surface area contributed by atoms with Gasteiger partial charge in [0.05, 0.1) is 5.56 Å². The SMILES string of the molecule is O=C(NCC1CCC1)c1cc(Cl)ccc1O. The van der Waals surface area contributed by atoms with Crippen molar-refractivity contribution in [2.24, 2.45) is 5.92 Å². The number of nitrogens with one attached hydrogen (secondary N) is 1. The lowest BCUT2D eigenvalue weighted by molar-refractivity contribution is 0.0936. The second-order valence-corrected chi connectivity index (χ2v) is 4.60. The van der Waals surface area contributed by atoms with Crippen LogP contribution in [0.5, 0.6) is 5.75 Å². The van der Waals surface area contributed by atoms with Gasteiger partial charge in [0, 0.05) is 11.6 Å². The highest BCUT2D eigenvalue weighted by atomic mass is 35.5. The summed E-state index contributed by atoms with van der Waals surface area (Å²) in [5, 5.41) is 12.8. The van der Waals surface area contributed by atoms with E-state index in [4.69, 9.17) is 11.6 Å². The van der Waals surface area contributed by atoms with Crippen molar-refractivity contribution in [2.75, 3.05) is 6.54 Å². The number of hydrogen-bond donors (Lipinski definition) is 2. The first-order valence-electron chi connectivity index (χ1n) is 5.43. The van der Waals surface area contributed by atoms with Gasteiger partial charge in [-0.25, -0.2) is 0 Å². The van der Waals surface area contributed by atoms with Gasteiger partial charge in [0.1, 0.15) is 5.75 Å². The molecule has 0 aliphatic heterocycles. The molecule has 1 aliphatic carbocycles. The molecule has 2 rings (SSSR count). The van der Waals surface area contributed by atoms with E-state index in [9.17, 15) is 9.90 Å². The van der Waals surface area contributed by atoms with Gasteiger partial charge in [-0.05, 0) is 37.0 Å². The van der Waals surface area contributed by atoms with Crippen molar-refractivity contribution >= 4 is 17.5 Å². The van der Waals surface area contributed by atoms with Crippen LogP contribution in [0.15, 0.2) is 18.2 Å². The van der Waals surface area contributed by atoms with Crippen LogP contribution in [-0.4, -0.2) is 17.6 Å². The Morgan fingerprint density at radius 1 is 1.50 bits per heavy atom. The van der Waals surface area contributed by atoms with Crippen LogP contribution in [0, 0.1) is 5.92 Å². The number of phenols is 1. The lowest BCUT2D eigenvalue weighted by atomic mass is 9.85. The average molecular weight is 240 g/mol. The summed E-state index contributed by atoms with van der Waals surface area (Å²) in [4.78, 5) is 11.7. The van der Waals surface area contributed by atoms with E-state index >= 15 is 0 Å². The zero-order valence-corrected chi connectivity index (χ0v) is 9.63. The number of carbonyl (C=O) groups excluding carboxylic acids is 1. The molecule has 0 aromatic heterocycles. The van der Waals surface area contributed by atoms with Crippen LogP contribution >= 0.6 is 11.6 Å². The summed E-state index contributed by atoms with van der Waals surface area (Å²) in [6.07, 6.45) is 3.62. The highest BCUT2D eigenvalue weighted by Crippen LogP contribution is 2.26. The van der Waals surface area contributed by atoms with Crippen molar-refractivity contribution < 1.29 is 9.90 Å². The maximum atomic E-state index is 11.7. The molecule has 3 nitrogen and oxygen atoms in total. The van der Waals surface area contributed by atoms with E-state index in [1.165, 1.54) is 31.4 Å². The molecule has 1 saturated carbocycles. The number of benzene rings is 1. The van der Waals surface area contributed by atoms with E-state index in [-0.39, 0.29) is 17.2 Å². The standard InChI is InChI=1S/C12H14ClNO2/c13-9-4-5-11(15)10(6-9)12(16)14-7-8-2-1-3-8/h4-6,8,15H,1-3,7H2,(H,14,16). The number of aromatic hydroxyl groups is 1. The molecule has 2 N–H and O–H groups in total. The summed E-state index contributed by atoms with van der Waals surface area (Å²) in [5.74, 6) is 0.313. The number of rotatable bonds is 3. The molecule has 0 atom stereocenters. The Labute approximate surface area is 99.4 Å². The molecular formula is C12H14ClNO2. The van der Waals surface area contributed by atoms with Crippen LogP contribution in [0.25, 0.3) is 0 Å². The second-order valence-electron chi connectivity index (χ2n) is 4.17. The zero-order valence-electron chi connectivity index (χ0n) is 8.87. The Morgan fingerprint density at radius 2 is 2.25 bits per heavy atom. The van der Waals surface area contributed by atoms with Crippen LogP contribution in [-0.2, 0) is 0 Å². The number of amides is 1. The molecule has 16 heavy (non-hydrogen) atoms. The molecule has 0 bridgehead atoms. The van der Waals surface area contributed by atoms with Crippen LogP contribution < -0.4 is 5.32 Å². The van der Waals surface area contributed by atoms with Crippen LogP contribution in [0.4, 0.5) is 0 Å². The summed E-state index contributed by atoms with van der Waals surface area (Å²) in [5.41, 5.74) is 0.242. The number of halogens is 1. The van der Waals surface area contributed by atoms with Gasteiger partial charge in [-0.3, -0.25) is 4.79 Å². The van der Waals surface area contributed by atoms with Gasteiger partial charge in [0.2, 0.25) is 0 Å². The molecule has 0 radical (unpaired) electrons. The van der Waals surface area contributed by atoms with Crippen molar-refractivity contribution in [2.45, 2.75) is 19.3 Å². The molecule has 0 heterocycles. The minimum Gasteiger partial charge on any atom is -0.507 e. The third-order valence-electron chi connectivity index (χ3n) is 2.98. The lowest BCUT2D eigenvalue weighted by Crippen LogP contribution is -2.32. The number of hydrogen-bond acceptors (Lipinski definition) is 2. The normalized spacial score (nSPS) is 15.6. The smallest absolute Gasteiger partial charge is 0.255 e. The molecule has 1 aromatic carbocycles. The summed E-state index contributed by atoms with van der Waals surface area (Å²) < 4.78 is 0. The van der Waals surface area contributed by atoms with Crippen molar-refractivity contribution in [3.05, 3.63) is 28.8 Å². The Bertz CT molecular complexity index is 402. The van der Waals surface area contributed by atoms with E-state index in [1.54, 1.807) is 6.07 Å². The molecule has 0 spiro atoms. The third-order valence-corrected chi connectivity index (χ3v) is 3.21. The molecule has 86 valence electrons. The first kappa shape index (κ1) is 11.3. The Balaban J connectivity index is 1.99. The fourth-order valence-electron chi connectivity index (χ4n) is 1.72. The number of carbonyl (C=O) groups is 1. The zero-order chi connectivity index (χ0) is 11.5. The molecule has 0 unspecified atom stereocenters. The maximum Gasteiger partial charge on any atom is 0.255 e. The molecule has 1 fully saturated rings. The van der Waals surface area contributed by atoms with E-state index in [2.05, 4.69) is 5.32 Å². The Hall–Kier alpha value is -1.22.